The standard InChI is InChI=1S/C20H27NO3Si/c1-15(22)18(21)19(23)24-25(20(2,3)4,16-11-7-5-8-12-16)17-13-9-6-10-14-17/h5-15,18,22H,21H2,1-4H3/t15-,18+/m1/s1. The second-order valence-corrected chi connectivity index (χ2v) is 11.6. The Bertz CT molecular complexity index is 656. The van der Waals surface area contributed by atoms with Crippen molar-refractivity contribution in [2.45, 2.75) is 44.9 Å². The summed E-state index contributed by atoms with van der Waals surface area (Å²) >= 11 is 0. The molecule has 4 nitrogen and oxygen atoms in total. The Morgan fingerprint density at radius 3 is 1.72 bits per heavy atom. The van der Waals surface area contributed by atoms with Crippen LogP contribution in [0.2, 0.25) is 5.04 Å². The SMILES string of the molecule is C[C@@H](O)[C@H](N)C(=O)O[Si](c1ccccc1)(c1ccccc1)C(C)(C)C. The molecule has 3 N–H and O–H groups in total. The number of aliphatic hydroxyl groups excluding tert-OH is 1. The van der Waals surface area contributed by atoms with Crippen LogP contribution in [0.25, 0.3) is 0 Å². The maximum absolute atomic E-state index is 12.7. The lowest BCUT2D eigenvalue weighted by molar-refractivity contribution is -0.139. The van der Waals surface area contributed by atoms with E-state index in [1.165, 1.54) is 6.92 Å². The molecule has 0 saturated heterocycles. The van der Waals surface area contributed by atoms with Gasteiger partial charge in [0.1, 0.15) is 6.04 Å². The van der Waals surface area contributed by atoms with E-state index in [0.717, 1.165) is 10.4 Å². The molecule has 5 heteroatoms. The van der Waals surface area contributed by atoms with Crippen LogP contribution in [0.1, 0.15) is 27.7 Å². The van der Waals surface area contributed by atoms with E-state index in [1.54, 1.807) is 0 Å². The van der Waals surface area contributed by atoms with Gasteiger partial charge in [-0.05, 0) is 22.3 Å². The minimum absolute atomic E-state index is 0.316. The van der Waals surface area contributed by atoms with E-state index >= 15 is 0 Å². The van der Waals surface area contributed by atoms with Crippen molar-refractivity contribution in [1.82, 2.24) is 0 Å². The van der Waals surface area contributed by atoms with E-state index in [4.69, 9.17) is 10.2 Å². The number of nitrogens with two attached hydrogens (primary N) is 1. The summed E-state index contributed by atoms with van der Waals surface area (Å²) in [4.78, 5) is 12.7. The number of hydrogen-bond donors (Lipinski definition) is 2. The van der Waals surface area contributed by atoms with Gasteiger partial charge in [-0.2, -0.15) is 0 Å². The molecule has 0 heterocycles. The lowest BCUT2D eigenvalue weighted by Gasteiger charge is -2.42. The fraction of sp³-hybridized carbons (Fsp3) is 0.350. The third kappa shape index (κ3) is 3.84. The smallest absolute Gasteiger partial charge is 0.323 e. The van der Waals surface area contributed by atoms with Gasteiger partial charge in [0.2, 0.25) is 0 Å². The molecule has 0 saturated carbocycles. The monoisotopic (exact) mass is 357 g/mol. The molecule has 134 valence electrons. The van der Waals surface area contributed by atoms with Gasteiger partial charge in [-0.3, -0.25) is 4.79 Å². The fourth-order valence-electron chi connectivity index (χ4n) is 3.07. The highest BCUT2D eigenvalue weighted by Crippen LogP contribution is 2.37. The molecule has 0 amide bonds. The van der Waals surface area contributed by atoms with Gasteiger partial charge in [0.05, 0.1) is 6.10 Å². The number of carbonyl (C=O) groups is 1. The topological polar surface area (TPSA) is 72.5 Å². The summed E-state index contributed by atoms with van der Waals surface area (Å²) in [5.74, 6) is -0.565. The second-order valence-electron chi connectivity index (χ2n) is 7.35. The first-order valence-electron chi connectivity index (χ1n) is 8.47. The van der Waals surface area contributed by atoms with E-state index in [-0.39, 0.29) is 5.04 Å². The molecule has 0 fully saturated rings. The van der Waals surface area contributed by atoms with Crippen LogP contribution < -0.4 is 16.1 Å². The van der Waals surface area contributed by atoms with Crippen molar-refractivity contribution >= 4 is 24.7 Å². The highest BCUT2D eigenvalue weighted by molar-refractivity contribution is 7.00. The average Bonchev–Trinajstić information content (AvgIpc) is 2.59. The summed E-state index contributed by atoms with van der Waals surface area (Å²) in [5.41, 5.74) is 5.86. The lowest BCUT2D eigenvalue weighted by Crippen LogP contribution is -2.68. The zero-order valence-electron chi connectivity index (χ0n) is 15.3. The molecule has 0 aliphatic heterocycles. The molecule has 25 heavy (non-hydrogen) atoms. The molecule has 0 spiro atoms. The van der Waals surface area contributed by atoms with Gasteiger partial charge in [-0.1, -0.05) is 81.4 Å². The van der Waals surface area contributed by atoms with Crippen molar-refractivity contribution < 1.29 is 14.3 Å². The number of aliphatic hydroxyl groups is 1. The fourth-order valence-corrected chi connectivity index (χ4v) is 7.43. The van der Waals surface area contributed by atoms with E-state index in [2.05, 4.69) is 20.8 Å². The second kappa shape index (κ2) is 7.52. The first-order chi connectivity index (χ1) is 11.7. The third-order valence-corrected chi connectivity index (χ3v) is 9.37. The van der Waals surface area contributed by atoms with Gasteiger partial charge in [0, 0.05) is 0 Å². The van der Waals surface area contributed by atoms with Gasteiger partial charge < -0.3 is 15.3 Å². The van der Waals surface area contributed by atoms with Crippen molar-refractivity contribution in [3.8, 4) is 0 Å². The number of rotatable bonds is 5. The van der Waals surface area contributed by atoms with Gasteiger partial charge in [0.15, 0.2) is 0 Å². The summed E-state index contributed by atoms with van der Waals surface area (Å²) in [6.45, 7) is 7.75. The molecule has 2 rings (SSSR count). The van der Waals surface area contributed by atoms with Gasteiger partial charge >= 0.3 is 14.3 Å². The average molecular weight is 358 g/mol. The zero-order chi connectivity index (χ0) is 18.7. The lowest BCUT2D eigenvalue weighted by atomic mass is 10.2. The summed E-state index contributed by atoms with van der Waals surface area (Å²) in [7, 11) is -2.96. The first kappa shape index (κ1) is 19.4. The van der Waals surface area contributed by atoms with Crippen molar-refractivity contribution in [1.29, 1.82) is 0 Å². The molecule has 2 aromatic carbocycles. The number of carbonyl (C=O) groups excluding carboxylic acids is 1. The molecule has 0 radical (unpaired) electrons. The minimum atomic E-state index is -2.96. The number of benzene rings is 2. The van der Waals surface area contributed by atoms with Crippen molar-refractivity contribution in [2.24, 2.45) is 5.73 Å². The quantitative estimate of drug-likeness (QED) is 0.801. The highest BCUT2D eigenvalue weighted by atomic mass is 28.4. The van der Waals surface area contributed by atoms with Crippen LogP contribution in [0.4, 0.5) is 0 Å². The molecular weight excluding hydrogens is 330 g/mol. The summed E-state index contributed by atoms with van der Waals surface area (Å²) in [6, 6.07) is 18.7. The molecule has 0 aliphatic carbocycles. The molecule has 0 aromatic heterocycles. The largest absolute Gasteiger partial charge is 0.508 e. The van der Waals surface area contributed by atoms with Crippen molar-refractivity contribution in [2.75, 3.05) is 0 Å². The Hall–Kier alpha value is -1.95. The third-order valence-electron chi connectivity index (χ3n) is 4.46. The van der Waals surface area contributed by atoms with Gasteiger partial charge in [0.25, 0.3) is 0 Å². The maximum atomic E-state index is 12.7. The minimum Gasteiger partial charge on any atom is -0.508 e. The molecule has 0 aliphatic rings. The van der Waals surface area contributed by atoms with E-state index in [9.17, 15) is 9.90 Å². The van der Waals surface area contributed by atoms with Crippen LogP contribution >= 0.6 is 0 Å². The van der Waals surface area contributed by atoms with Crippen molar-refractivity contribution in [3.05, 3.63) is 60.7 Å². The van der Waals surface area contributed by atoms with E-state index < -0.39 is 26.4 Å². The van der Waals surface area contributed by atoms with E-state index in [0.29, 0.717) is 0 Å². The molecular formula is C20H27NO3Si. The normalized spacial score (nSPS) is 14.6. The van der Waals surface area contributed by atoms with Gasteiger partial charge in [-0.15, -0.1) is 0 Å². The Kier molecular flexibility index (Phi) is 5.82. The van der Waals surface area contributed by atoms with Crippen LogP contribution in [-0.4, -0.2) is 31.5 Å². The number of hydrogen-bond acceptors (Lipinski definition) is 4. The highest BCUT2D eigenvalue weighted by Gasteiger charge is 2.53. The van der Waals surface area contributed by atoms with Gasteiger partial charge in [-0.25, -0.2) is 0 Å². The first-order valence-corrected chi connectivity index (χ1v) is 10.4. The predicted molar refractivity (Wildman–Crippen MR) is 103 cm³/mol. The summed E-state index contributed by atoms with van der Waals surface area (Å²) < 4.78 is 6.21. The summed E-state index contributed by atoms with van der Waals surface area (Å²) in [6.07, 6.45) is -0.967. The molecule has 2 atom stereocenters. The molecule has 2 aromatic rings. The Balaban J connectivity index is 2.67. The van der Waals surface area contributed by atoms with Crippen LogP contribution in [0.3, 0.4) is 0 Å². The van der Waals surface area contributed by atoms with Crippen LogP contribution in [-0.2, 0) is 9.22 Å². The van der Waals surface area contributed by atoms with Crippen LogP contribution in [0, 0.1) is 0 Å². The Morgan fingerprint density at radius 1 is 1.00 bits per heavy atom. The zero-order valence-corrected chi connectivity index (χ0v) is 16.3. The molecule has 0 bridgehead atoms. The Labute approximate surface area is 150 Å². The Morgan fingerprint density at radius 2 is 1.40 bits per heavy atom. The maximum Gasteiger partial charge on any atom is 0.323 e. The van der Waals surface area contributed by atoms with Crippen molar-refractivity contribution in [3.63, 3.8) is 0 Å². The van der Waals surface area contributed by atoms with Crippen LogP contribution in [0.5, 0.6) is 0 Å². The summed E-state index contributed by atoms with van der Waals surface area (Å²) in [5, 5.41) is 11.4. The molecule has 0 unspecified atom stereocenters. The van der Waals surface area contributed by atoms with Crippen LogP contribution in [0.15, 0.2) is 60.7 Å². The van der Waals surface area contributed by atoms with E-state index in [1.807, 2.05) is 60.7 Å². The predicted octanol–water partition coefficient (Wildman–Crippen LogP) is 1.80.